The maximum absolute atomic E-state index is 12.6. The van der Waals surface area contributed by atoms with Crippen LogP contribution >= 0.6 is 11.3 Å². The molecule has 0 radical (unpaired) electrons. The van der Waals surface area contributed by atoms with Gasteiger partial charge in [0.25, 0.3) is 5.19 Å². The molecule has 0 spiro atoms. The molecule has 0 aliphatic heterocycles. The van der Waals surface area contributed by atoms with Gasteiger partial charge in [0.1, 0.15) is 0 Å². The molecule has 0 atom stereocenters. The van der Waals surface area contributed by atoms with E-state index in [2.05, 4.69) is 10.3 Å². The zero-order valence-electron chi connectivity index (χ0n) is 16.2. The van der Waals surface area contributed by atoms with Gasteiger partial charge in [0.15, 0.2) is 0 Å². The minimum Gasteiger partial charge on any atom is -0.473 e. The molecule has 1 aromatic heterocycles. The second-order valence-electron chi connectivity index (χ2n) is 7.05. The lowest BCUT2D eigenvalue weighted by atomic mass is 9.81. The summed E-state index contributed by atoms with van der Waals surface area (Å²) in [6.07, 6.45) is 4.74. The zero-order valence-corrected chi connectivity index (χ0v) is 17.8. The molecule has 1 aliphatic rings. The molecule has 29 heavy (non-hydrogen) atoms. The summed E-state index contributed by atoms with van der Waals surface area (Å²) in [5, 5.41) is 3.52. The topological polar surface area (TPSA) is 114 Å². The predicted molar refractivity (Wildman–Crippen MR) is 111 cm³/mol. The second kappa shape index (κ2) is 8.91. The average Bonchev–Trinajstić information content (AvgIpc) is 3.16. The fraction of sp³-hybridized carbons (Fsp3) is 0.421. The Morgan fingerprint density at radius 3 is 2.38 bits per heavy atom. The summed E-state index contributed by atoms with van der Waals surface area (Å²) in [5.74, 6) is -1.16. The number of anilines is 1. The molecule has 1 saturated carbocycles. The number of amides is 2. The fourth-order valence-corrected chi connectivity index (χ4v) is 4.62. The number of nitrogens with zero attached hydrogens (tertiary/aromatic N) is 1. The highest BCUT2D eigenvalue weighted by Crippen LogP contribution is 2.33. The van der Waals surface area contributed by atoms with E-state index in [4.69, 9.17) is 4.74 Å². The highest BCUT2D eigenvalue weighted by Gasteiger charge is 2.31. The Balaban J connectivity index is 1.57. The third-order valence-electron chi connectivity index (χ3n) is 4.83. The molecule has 2 amide bonds. The minimum atomic E-state index is -3.56. The number of thiazole rings is 1. The Bertz CT molecular complexity index is 995. The largest absolute Gasteiger partial charge is 0.473 e. The standard InChI is InChI=1S/C19H23N3O5S2/c1-27-19-20-11-16(28-19)14-4-3-5-15(10-14)21-17(23)12-6-8-13(9-7-12)18(24)22-29(2,25)26/h3-5,10-13H,6-9H2,1-2H3,(H,21,23)(H,22,24). The molecule has 3 rings (SSSR count). The smallest absolute Gasteiger partial charge is 0.273 e. The quantitative estimate of drug-likeness (QED) is 0.718. The molecule has 1 aliphatic carbocycles. The lowest BCUT2D eigenvalue weighted by Gasteiger charge is -2.26. The first-order chi connectivity index (χ1) is 13.7. The van der Waals surface area contributed by atoms with Crippen molar-refractivity contribution in [1.29, 1.82) is 0 Å². The molecule has 1 fully saturated rings. The van der Waals surface area contributed by atoms with Crippen molar-refractivity contribution in [3.05, 3.63) is 30.5 Å². The molecule has 2 N–H and O–H groups in total. The molecule has 10 heteroatoms. The maximum Gasteiger partial charge on any atom is 0.273 e. The van der Waals surface area contributed by atoms with Crippen LogP contribution in [0, 0.1) is 11.8 Å². The minimum absolute atomic E-state index is 0.0917. The molecule has 8 nitrogen and oxygen atoms in total. The van der Waals surface area contributed by atoms with Gasteiger partial charge in [0.05, 0.1) is 18.2 Å². The van der Waals surface area contributed by atoms with E-state index in [-0.39, 0.29) is 17.7 Å². The first-order valence-electron chi connectivity index (χ1n) is 9.18. The third-order valence-corrected chi connectivity index (χ3v) is 6.41. The van der Waals surface area contributed by atoms with Crippen molar-refractivity contribution in [2.75, 3.05) is 18.7 Å². The Morgan fingerprint density at radius 1 is 1.14 bits per heavy atom. The summed E-state index contributed by atoms with van der Waals surface area (Å²) in [7, 11) is -1.99. The monoisotopic (exact) mass is 437 g/mol. The van der Waals surface area contributed by atoms with Crippen LogP contribution in [0.5, 0.6) is 5.19 Å². The highest BCUT2D eigenvalue weighted by molar-refractivity contribution is 7.89. The second-order valence-corrected chi connectivity index (χ2v) is 9.79. The Morgan fingerprint density at radius 2 is 1.79 bits per heavy atom. The summed E-state index contributed by atoms with van der Waals surface area (Å²) in [6, 6.07) is 7.51. The molecule has 2 aromatic rings. The van der Waals surface area contributed by atoms with Gasteiger partial charge in [-0.1, -0.05) is 23.5 Å². The van der Waals surface area contributed by atoms with Crippen molar-refractivity contribution < 1.29 is 22.7 Å². The first-order valence-corrected chi connectivity index (χ1v) is 11.9. The van der Waals surface area contributed by atoms with E-state index >= 15 is 0 Å². The summed E-state index contributed by atoms with van der Waals surface area (Å²) in [4.78, 5) is 29.7. The van der Waals surface area contributed by atoms with E-state index in [9.17, 15) is 18.0 Å². The van der Waals surface area contributed by atoms with E-state index in [1.165, 1.54) is 11.3 Å². The summed E-state index contributed by atoms with van der Waals surface area (Å²) < 4.78 is 29.5. The van der Waals surface area contributed by atoms with Gasteiger partial charge in [-0.05, 0) is 43.4 Å². The van der Waals surface area contributed by atoms with Gasteiger partial charge >= 0.3 is 0 Å². The van der Waals surface area contributed by atoms with E-state index in [1.807, 2.05) is 29.0 Å². The molecular weight excluding hydrogens is 414 g/mol. The number of carbonyl (C=O) groups is 2. The van der Waals surface area contributed by atoms with Gasteiger partial charge in [0, 0.05) is 23.7 Å². The number of carbonyl (C=O) groups excluding carboxylic acids is 2. The average molecular weight is 438 g/mol. The van der Waals surface area contributed by atoms with Crippen molar-refractivity contribution in [1.82, 2.24) is 9.71 Å². The Kier molecular flexibility index (Phi) is 6.53. The number of rotatable bonds is 6. The van der Waals surface area contributed by atoms with Crippen molar-refractivity contribution in [2.24, 2.45) is 11.8 Å². The van der Waals surface area contributed by atoms with Gasteiger partial charge in [-0.25, -0.2) is 13.4 Å². The molecule has 0 saturated heterocycles. The first kappa shape index (κ1) is 21.3. The van der Waals surface area contributed by atoms with Crippen LogP contribution in [0.4, 0.5) is 5.69 Å². The van der Waals surface area contributed by atoms with Gasteiger partial charge in [0.2, 0.25) is 21.8 Å². The van der Waals surface area contributed by atoms with Gasteiger partial charge in [-0.3, -0.25) is 14.3 Å². The normalized spacial score (nSPS) is 19.4. The van der Waals surface area contributed by atoms with E-state index < -0.39 is 15.9 Å². The van der Waals surface area contributed by atoms with Crippen molar-refractivity contribution in [2.45, 2.75) is 25.7 Å². The number of hydrogen-bond acceptors (Lipinski definition) is 7. The van der Waals surface area contributed by atoms with E-state index in [0.717, 1.165) is 16.7 Å². The summed E-state index contributed by atoms with van der Waals surface area (Å²) in [6.45, 7) is 0. The molecule has 156 valence electrons. The van der Waals surface area contributed by atoms with Crippen LogP contribution in [-0.4, -0.2) is 38.6 Å². The van der Waals surface area contributed by atoms with Crippen molar-refractivity contribution in [3.8, 4) is 15.6 Å². The van der Waals surface area contributed by atoms with Crippen molar-refractivity contribution >= 4 is 38.9 Å². The number of ether oxygens (including phenoxy) is 1. The molecule has 0 unspecified atom stereocenters. The van der Waals surface area contributed by atoms with Crippen LogP contribution in [0.1, 0.15) is 25.7 Å². The summed E-state index contributed by atoms with van der Waals surface area (Å²) in [5.41, 5.74) is 1.63. The van der Waals surface area contributed by atoms with E-state index in [0.29, 0.717) is 36.6 Å². The highest BCUT2D eigenvalue weighted by atomic mass is 32.2. The number of benzene rings is 1. The number of sulfonamides is 1. The van der Waals surface area contributed by atoms with Crippen LogP contribution in [-0.2, 0) is 19.6 Å². The SMILES string of the molecule is COc1ncc(-c2cccc(NC(=O)C3CCC(C(=O)NS(C)(=O)=O)CC3)c2)s1. The Hall–Kier alpha value is -2.46. The number of nitrogens with one attached hydrogen (secondary N) is 2. The predicted octanol–water partition coefficient (Wildman–Crippen LogP) is 2.64. The van der Waals surface area contributed by atoms with Crippen LogP contribution in [0.2, 0.25) is 0 Å². The maximum atomic E-state index is 12.6. The number of aromatic nitrogens is 1. The van der Waals surface area contributed by atoms with Crippen LogP contribution in [0.15, 0.2) is 30.5 Å². The van der Waals surface area contributed by atoms with Gasteiger partial charge < -0.3 is 10.1 Å². The zero-order chi connectivity index (χ0) is 21.0. The van der Waals surface area contributed by atoms with Crippen LogP contribution in [0.3, 0.4) is 0 Å². The van der Waals surface area contributed by atoms with Crippen molar-refractivity contribution in [3.63, 3.8) is 0 Å². The lowest BCUT2D eigenvalue weighted by Crippen LogP contribution is -2.38. The third kappa shape index (κ3) is 5.77. The number of methoxy groups -OCH3 is 1. The van der Waals surface area contributed by atoms with E-state index in [1.54, 1.807) is 13.3 Å². The molecule has 1 heterocycles. The lowest BCUT2D eigenvalue weighted by molar-refractivity contribution is -0.127. The van der Waals surface area contributed by atoms with Gasteiger partial charge in [-0.15, -0.1) is 0 Å². The van der Waals surface area contributed by atoms with Gasteiger partial charge in [-0.2, -0.15) is 0 Å². The summed E-state index contributed by atoms with van der Waals surface area (Å²) >= 11 is 1.42. The van der Waals surface area contributed by atoms with Crippen LogP contribution in [0.25, 0.3) is 10.4 Å². The fourth-order valence-electron chi connectivity index (χ4n) is 3.36. The molecule has 1 aromatic carbocycles. The Labute approximate surface area is 173 Å². The molecular formula is C19H23N3O5S2. The number of hydrogen-bond donors (Lipinski definition) is 2. The molecule has 0 bridgehead atoms. The van der Waals surface area contributed by atoms with Crippen LogP contribution < -0.4 is 14.8 Å².